The van der Waals surface area contributed by atoms with Crippen LogP contribution in [0.2, 0.25) is 0 Å². The fourth-order valence-corrected chi connectivity index (χ4v) is 1.88. The van der Waals surface area contributed by atoms with E-state index in [4.69, 9.17) is 9.26 Å². The molecular weight excluding hydrogens is 274 g/mol. The van der Waals surface area contributed by atoms with Crippen LogP contribution >= 0.6 is 0 Å². The van der Waals surface area contributed by atoms with Gasteiger partial charge in [0.1, 0.15) is 5.69 Å². The van der Waals surface area contributed by atoms with Crippen molar-refractivity contribution in [1.29, 1.82) is 0 Å². The van der Waals surface area contributed by atoms with Crippen LogP contribution < -0.4 is 0 Å². The van der Waals surface area contributed by atoms with E-state index < -0.39 is 5.97 Å². The number of carbonyl (C=O) groups is 1. The maximum Gasteiger partial charge on any atom is 0.361 e. The zero-order chi connectivity index (χ0) is 14.7. The summed E-state index contributed by atoms with van der Waals surface area (Å²) >= 11 is 0. The second kappa shape index (κ2) is 5.53. The molecule has 0 fully saturated rings. The Morgan fingerprint density at radius 1 is 1.33 bits per heavy atom. The Balaban J connectivity index is 2.00. The number of H-pyrrole nitrogens is 1. The van der Waals surface area contributed by atoms with Gasteiger partial charge in [0.05, 0.1) is 6.61 Å². The van der Waals surface area contributed by atoms with Crippen LogP contribution in [0, 0.1) is 0 Å². The van der Waals surface area contributed by atoms with Crippen molar-refractivity contribution in [2.45, 2.75) is 6.92 Å². The quantitative estimate of drug-likeness (QED) is 0.727. The van der Waals surface area contributed by atoms with Crippen LogP contribution in [0.5, 0.6) is 0 Å². The first-order valence-electron chi connectivity index (χ1n) is 6.24. The van der Waals surface area contributed by atoms with E-state index in [2.05, 4.69) is 25.6 Å². The average Bonchev–Trinajstić information content (AvgIpc) is 3.19. The highest BCUT2D eigenvalue weighted by atomic mass is 16.5. The number of hydrogen-bond acceptors (Lipinski definition) is 7. The molecule has 2 aromatic heterocycles. The third kappa shape index (κ3) is 2.50. The van der Waals surface area contributed by atoms with E-state index in [1.165, 1.54) is 6.39 Å². The van der Waals surface area contributed by atoms with E-state index in [-0.39, 0.29) is 12.3 Å². The van der Waals surface area contributed by atoms with Gasteiger partial charge in [-0.2, -0.15) is 15.3 Å². The molecule has 0 aliphatic rings. The first-order chi connectivity index (χ1) is 10.3. The number of ether oxygens (including phenoxy) is 1. The van der Waals surface area contributed by atoms with Crippen molar-refractivity contribution in [1.82, 2.24) is 25.6 Å². The van der Waals surface area contributed by atoms with Gasteiger partial charge in [0.25, 0.3) is 0 Å². The van der Waals surface area contributed by atoms with Gasteiger partial charge >= 0.3 is 5.97 Å². The van der Waals surface area contributed by atoms with Crippen molar-refractivity contribution < 1.29 is 14.1 Å². The Labute approximate surface area is 119 Å². The van der Waals surface area contributed by atoms with Crippen molar-refractivity contribution in [3.05, 3.63) is 36.4 Å². The van der Waals surface area contributed by atoms with E-state index in [1.54, 1.807) is 13.0 Å². The van der Waals surface area contributed by atoms with Crippen LogP contribution in [0.25, 0.3) is 22.6 Å². The van der Waals surface area contributed by atoms with Gasteiger partial charge in [0.2, 0.25) is 12.2 Å². The molecule has 0 aliphatic heterocycles. The SMILES string of the molecule is CCOC(=O)c1n[nH]nc1-c1cccc(-c2ncon2)c1. The molecule has 0 saturated carbocycles. The fraction of sp³-hybridized carbons (Fsp3) is 0.154. The second-order valence-electron chi connectivity index (χ2n) is 4.08. The van der Waals surface area contributed by atoms with E-state index in [0.717, 1.165) is 5.56 Å². The number of esters is 1. The lowest BCUT2D eigenvalue weighted by atomic mass is 10.1. The molecule has 0 bridgehead atoms. The Kier molecular flexibility index (Phi) is 3.42. The molecule has 3 rings (SSSR count). The molecule has 8 nitrogen and oxygen atoms in total. The van der Waals surface area contributed by atoms with Gasteiger partial charge in [0.15, 0.2) is 5.69 Å². The summed E-state index contributed by atoms with van der Waals surface area (Å²) in [6.07, 6.45) is 1.25. The van der Waals surface area contributed by atoms with Gasteiger partial charge < -0.3 is 9.26 Å². The van der Waals surface area contributed by atoms with Gasteiger partial charge in [0, 0.05) is 11.1 Å². The molecule has 3 aromatic rings. The summed E-state index contributed by atoms with van der Waals surface area (Å²) in [5.74, 6) is -0.0655. The summed E-state index contributed by atoms with van der Waals surface area (Å²) in [6, 6.07) is 7.25. The molecule has 21 heavy (non-hydrogen) atoms. The van der Waals surface area contributed by atoms with Crippen LogP contribution in [0.1, 0.15) is 17.4 Å². The molecule has 1 N–H and O–H groups in total. The Morgan fingerprint density at radius 2 is 2.19 bits per heavy atom. The van der Waals surface area contributed by atoms with Crippen LogP contribution in [-0.4, -0.2) is 38.1 Å². The summed E-state index contributed by atoms with van der Waals surface area (Å²) in [6.45, 7) is 2.00. The molecule has 1 aromatic carbocycles. The van der Waals surface area contributed by atoms with Gasteiger partial charge in [-0.3, -0.25) is 0 Å². The molecule has 0 atom stereocenters. The van der Waals surface area contributed by atoms with Crippen LogP contribution in [0.15, 0.2) is 35.2 Å². The molecule has 0 spiro atoms. The lowest BCUT2D eigenvalue weighted by molar-refractivity contribution is 0.0520. The minimum Gasteiger partial charge on any atom is -0.461 e. The number of hydrogen-bond donors (Lipinski definition) is 1. The molecule has 0 unspecified atom stereocenters. The summed E-state index contributed by atoms with van der Waals surface area (Å²) in [5.41, 5.74) is 2.01. The molecule has 0 saturated heterocycles. The number of rotatable bonds is 4. The molecule has 0 aliphatic carbocycles. The highest BCUT2D eigenvalue weighted by molar-refractivity contribution is 5.94. The molecular formula is C13H11N5O3. The van der Waals surface area contributed by atoms with Crippen molar-refractivity contribution >= 4 is 5.97 Å². The summed E-state index contributed by atoms with van der Waals surface area (Å²) in [7, 11) is 0. The maximum absolute atomic E-state index is 11.8. The Morgan fingerprint density at radius 3 is 2.95 bits per heavy atom. The monoisotopic (exact) mass is 285 g/mol. The van der Waals surface area contributed by atoms with E-state index in [0.29, 0.717) is 17.1 Å². The lowest BCUT2D eigenvalue weighted by Crippen LogP contribution is -2.06. The average molecular weight is 285 g/mol. The third-order valence-corrected chi connectivity index (χ3v) is 2.77. The summed E-state index contributed by atoms with van der Waals surface area (Å²) in [4.78, 5) is 15.8. The zero-order valence-corrected chi connectivity index (χ0v) is 11.1. The van der Waals surface area contributed by atoms with E-state index in [1.807, 2.05) is 18.2 Å². The number of benzene rings is 1. The maximum atomic E-state index is 11.8. The second-order valence-corrected chi connectivity index (χ2v) is 4.08. The van der Waals surface area contributed by atoms with Crippen LogP contribution in [-0.2, 0) is 4.74 Å². The van der Waals surface area contributed by atoms with Crippen molar-refractivity contribution in [3.8, 4) is 22.6 Å². The predicted octanol–water partition coefficient (Wildman–Crippen LogP) is 1.70. The van der Waals surface area contributed by atoms with Gasteiger partial charge in [-0.15, -0.1) is 5.10 Å². The Hall–Kier alpha value is -3.03. The number of nitrogens with zero attached hydrogens (tertiary/aromatic N) is 4. The van der Waals surface area contributed by atoms with Gasteiger partial charge in [-0.05, 0) is 13.0 Å². The van der Waals surface area contributed by atoms with Crippen molar-refractivity contribution in [2.75, 3.05) is 6.61 Å². The van der Waals surface area contributed by atoms with Crippen molar-refractivity contribution in [2.24, 2.45) is 0 Å². The molecule has 0 amide bonds. The fourth-order valence-electron chi connectivity index (χ4n) is 1.88. The topological polar surface area (TPSA) is 107 Å². The summed E-state index contributed by atoms with van der Waals surface area (Å²) in [5, 5.41) is 14.1. The Bertz CT molecular complexity index is 751. The third-order valence-electron chi connectivity index (χ3n) is 2.77. The normalized spacial score (nSPS) is 10.5. The number of nitrogens with one attached hydrogen (secondary N) is 1. The van der Waals surface area contributed by atoms with E-state index in [9.17, 15) is 4.79 Å². The van der Waals surface area contributed by atoms with Gasteiger partial charge in [-0.25, -0.2) is 4.79 Å². The first kappa shape index (κ1) is 13.0. The standard InChI is InChI=1S/C13H11N5O3/c1-2-20-13(19)11-10(15-18-16-11)8-4-3-5-9(6-8)12-14-7-21-17-12/h3-7H,2H2,1H3,(H,15,16,18). The number of aromatic amines is 1. The minimum absolute atomic E-state index is 0.141. The molecule has 0 radical (unpaired) electrons. The molecule has 8 heteroatoms. The first-order valence-corrected chi connectivity index (χ1v) is 6.24. The highest BCUT2D eigenvalue weighted by Crippen LogP contribution is 2.25. The number of carbonyl (C=O) groups excluding carboxylic acids is 1. The summed E-state index contributed by atoms with van der Waals surface area (Å²) < 4.78 is 9.67. The molecule has 106 valence electrons. The van der Waals surface area contributed by atoms with Gasteiger partial charge in [-0.1, -0.05) is 23.4 Å². The molecule has 2 heterocycles. The zero-order valence-electron chi connectivity index (χ0n) is 11.1. The largest absolute Gasteiger partial charge is 0.461 e. The lowest BCUT2D eigenvalue weighted by Gasteiger charge is -2.02. The number of aromatic nitrogens is 5. The minimum atomic E-state index is -0.522. The van der Waals surface area contributed by atoms with Crippen molar-refractivity contribution in [3.63, 3.8) is 0 Å². The predicted molar refractivity (Wildman–Crippen MR) is 71.1 cm³/mol. The van der Waals surface area contributed by atoms with Crippen LogP contribution in [0.4, 0.5) is 0 Å². The highest BCUT2D eigenvalue weighted by Gasteiger charge is 2.19. The van der Waals surface area contributed by atoms with E-state index >= 15 is 0 Å². The smallest absolute Gasteiger partial charge is 0.361 e. The van der Waals surface area contributed by atoms with Crippen LogP contribution in [0.3, 0.4) is 0 Å².